The molecular formula is C21H21N5O. The van der Waals surface area contributed by atoms with E-state index < -0.39 is 0 Å². The second-order valence-corrected chi connectivity index (χ2v) is 6.47. The van der Waals surface area contributed by atoms with Crippen LogP contribution in [0.1, 0.15) is 30.2 Å². The Balaban J connectivity index is 1.58. The Hall–Kier alpha value is -3.41. The van der Waals surface area contributed by atoms with E-state index in [1.54, 1.807) is 0 Å². The van der Waals surface area contributed by atoms with Gasteiger partial charge < -0.3 is 9.73 Å². The summed E-state index contributed by atoms with van der Waals surface area (Å²) < 4.78 is 7.80. The first kappa shape index (κ1) is 17.0. The summed E-state index contributed by atoms with van der Waals surface area (Å²) in [5.41, 5.74) is 4.88. The van der Waals surface area contributed by atoms with E-state index in [1.165, 1.54) is 0 Å². The molecule has 0 spiro atoms. The van der Waals surface area contributed by atoms with Crippen LogP contribution in [-0.4, -0.2) is 20.0 Å². The first-order valence-electron chi connectivity index (χ1n) is 8.90. The SMILES string of the molecule is Cc1nn(-c2ccccc2)c(C)c1NC(C)c1nnc(-c2ccccc2)o1. The number of para-hydroxylation sites is 1. The fraction of sp³-hybridized carbons (Fsp3) is 0.190. The molecule has 4 aromatic rings. The molecule has 136 valence electrons. The zero-order valence-electron chi connectivity index (χ0n) is 15.5. The van der Waals surface area contributed by atoms with E-state index in [-0.39, 0.29) is 6.04 Å². The Morgan fingerprint density at radius 2 is 1.59 bits per heavy atom. The van der Waals surface area contributed by atoms with Crippen LogP contribution in [0.3, 0.4) is 0 Å². The van der Waals surface area contributed by atoms with Crippen LogP contribution in [0, 0.1) is 13.8 Å². The number of benzene rings is 2. The number of hydrogen-bond donors (Lipinski definition) is 1. The highest BCUT2D eigenvalue weighted by molar-refractivity contribution is 5.56. The Bertz CT molecular complexity index is 1040. The van der Waals surface area contributed by atoms with Crippen molar-refractivity contribution in [1.82, 2.24) is 20.0 Å². The lowest BCUT2D eigenvalue weighted by Gasteiger charge is -2.12. The van der Waals surface area contributed by atoms with Gasteiger partial charge in [-0.2, -0.15) is 5.10 Å². The third-order valence-corrected chi connectivity index (χ3v) is 4.48. The van der Waals surface area contributed by atoms with Crippen molar-refractivity contribution in [2.75, 3.05) is 5.32 Å². The predicted molar refractivity (Wildman–Crippen MR) is 105 cm³/mol. The van der Waals surface area contributed by atoms with Crippen molar-refractivity contribution in [2.45, 2.75) is 26.8 Å². The van der Waals surface area contributed by atoms with Gasteiger partial charge in [-0.1, -0.05) is 36.4 Å². The molecule has 0 fully saturated rings. The van der Waals surface area contributed by atoms with Crippen molar-refractivity contribution < 1.29 is 4.42 Å². The van der Waals surface area contributed by atoms with Gasteiger partial charge in [-0.15, -0.1) is 10.2 Å². The van der Waals surface area contributed by atoms with E-state index in [4.69, 9.17) is 4.42 Å². The lowest BCUT2D eigenvalue weighted by molar-refractivity contribution is 0.485. The monoisotopic (exact) mass is 359 g/mol. The van der Waals surface area contributed by atoms with E-state index in [0.29, 0.717) is 11.8 Å². The zero-order valence-corrected chi connectivity index (χ0v) is 15.5. The minimum atomic E-state index is -0.138. The van der Waals surface area contributed by atoms with Crippen LogP contribution in [-0.2, 0) is 0 Å². The maximum atomic E-state index is 5.86. The maximum absolute atomic E-state index is 5.86. The Kier molecular flexibility index (Phi) is 4.46. The number of aryl methyl sites for hydroxylation is 1. The minimum absolute atomic E-state index is 0.138. The molecule has 2 heterocycles. The lowest BCUT2D eigenvalue weighted by Crippen LogP contribution is -2.08. The van der Waals surface area contributed by atoms with Gasteiger partial charge in [-0.25, -0.2) is 4.68 Å². The molecule has 1 N–H and O–H groups in total. The van der Waals surface area contributed by atoms with Gasteiger partial charge in [0, 0.05) is 5.56 Å². The molecule has 4 rings (SSSR count). The van der Waals surface area contributed by atoms with Crippen molar-refractivity contribution in [3.63, 3.8) is 0 Å². The van der Waals surface area contributed by atoms with Crippen molar-refractivity contribution in [3.8, 4) is 17.1 Å². The predicted octanol–water partition coefficient (Wildman–Crippen LogP) is 4.71. The second-order valence-electron chi connectivity index (χ2n) is 6.47. The quantitative estimate of drug-likeness (QED) is 0.559. The highest BCUT2D eigenvalue weighted by Gasteiger charge is 2.19. The van der Waals surface area contributed by atoms with Crippen molar-refractivity contribution in [3.05, 3.63) is 77.9 Å². The number of anilines is 1. The van der Waals surface area contributed by atoms with Gasteiger partial charge in [0.15, 0.2) is 0 Å². The summed E-state index contributed by atoms with van der Waals surface area (Å²) in [4.78, 5) is 0. The first-order valence-corrected chi connectivity index (χ1v) is 8.90. The van der Waals surface area contributed by atoms with Crippen LogP contribution in [0.15, 0.2) is 65.1 Å². The van der Waals surface area contributed by atoms with Crippen molar-refractivity contribution in [1.29, 1.82) is 0 Å². The Labute approximate surface area is 157 Å². The molecule has 1 unspecified atom stereocenters. The van der Waals surface area contributed by atoms with Crippen molar-refractivity contribution in [2.24, 2.45) is 0 Å². The molecule has 0 amide bonds. The lowest BCUT2D eigenvalue weighted by atomic mass is 10.2. The average Bonchev–Trinajstić information content (AvgIpc) is 3.30. The largest absolute Gasteiger partial charge is 0.418 e. The highest BCUT2D eigenvalue weighted by Crippen LogP contribution is 2.28. The molecule has 6 nitrogen and oxygen atoms in total. The summed E-state index contributed by atoms with van der Waals surface area (Å²) in [5, 5.41) is 16.5. The minimum Gasteiger partial charge on any atom is -0.418 e. The summed E-state index contributed by atoms with van der Waals surface area (Å²) in [6.45, 7) is 6.04. The number of hydrogen-bond acceptors (Lipinski definition) is 5. The third-order valence-electron chi connectivity index (χ3n) is 4.48. The standard InChI is InChI=1S/C21H21N5O/c1-14-19(16(3)26(25-14)18-12-8-5-9-13-18)22-15(2)20-23-24-21(27-20)17-10-6-4-7-11-17/h4-13,15,22H,1-3H3. The number of rotatable bonds is 5. The topological polar surface area (TPSA) is 68.8 Å². The van der Waals surface area contributed by atoms with Crippen LogP contribution >= 0.6 is 0 Å². The molecule has 6 heteroatoms. The molecule has 0 saturated carbocycles. The molecule has 0 bridgehead atoms. The van der Waals surface area contributed by atoms with E-state index in [1.807, 2.05) is 86.1 Å². The zero-order chi connectivity index (χ0) is 18.8. The number of nitrogens with one attached hydrogen (secondary N) is 1. The van der Waals surface area contributed by atoms with E-state index >= 15 is 0 Å². The smallest absolute Gasteiger partial charge is 0.247 e. The average molecular weight is 359 g/mol. The summed E-state index contributed by atoms with van der Waals surface area (Å²) in [6.07, 6.45) is 0. The van der Waals surface area contributed by atoms with Crippen molar-refractivity contribution >= 4 is 5.69 Å². The summed E-state index contributed by atoms with van der Waals surface area (Å²) in [5.74, 6) is 1.06. The third kappa shape index (κ3) is 3.33. The van der Waals surface area contributed by atoms with Crippen LogP contribution in [0.5, 0.6) is 0 Å². The number of aromatic nitrogens is 4. The first-order chi connectivity index (χ1) is 13.1. The van der Waals surface area contributed by atoms with Gasteiger partial charge in [-0.3, -0.25) is 0 Å². The van der Waals surface area contributed by atoms with E-state index in [9.17, 15) is 0 Å². The fourth-order valence-corrected chi connectivity index (χ4v) is 3.06. The Morgan fingerprint density at radius 3 is 2.30 bits per heavy atom. The normalized spacial score (nSPS) is 12.1. The van der Waals surface area contributed by atoms with E-state index in [2.05, 4.69) is 20.6 Å². The summed E-state index contributed by atoms with van der Waals surface area (Å²) in [6, 6.07) is 19.7. The van der Waals surface area contributed by atoms with Gasteiger partial charge >= 0.3 is 0 Å². The van der Waals surface area contributed by atoms with Gasteiger partial charge in [-0.05, 0) is 45.0 Å². The molecular weight excluding hydrogens is 338 g/mol. The summed E-state index contributed by atoms with van der Waals surface area (Å²) >= 11 is 0. The van der Waals surface area contributed by atoms with Gasteiger partial charge in [0.05, 0.1) is 22.8 Å². The molecule has 0 radical (unpaired) electrons. The van der Waals surface area contributed by atoms with Crippen LogP contribution in [0.25, 0.3) is 17.1 Å². The molecule has 0 aliphatic carbocycles. The molecule has 2 aromatic carbocycles. The fourth-order valence-electron chi connectivity index (χ4n) is 3.06. The maximum Gasteiger partial charge on any atom is 0.247 e. The Morgan fingerprint density at radius 1 is 0.926 bits per heavy atom. The van der Waals surface area contributed by atoms with Crippen LogP contribution in [0.4, 0.5) is 5.69 Å². The molecule has 0 saturated heterocycles. The summed E-state index contributed by atoms with van der Waals surface area (Å²) in [7, 11) is 0. The van der Waals surface area contributed by atoms with Crippen LogP contribution in [0.2, 0.25) is 0 Å². The van der Waals surface area contributed by atoms with Crippen LogP contribution < -0.4 is 5.32 Å². The molecule has 0 aliphatic heterocycles. The second kappa shape index (κ2) is 7.07. The number of nitrogens with zero attached hydrogens (tertiary/aromatic N) is 4. The van der Waals surface area contributed by atoms with Gasteiger partial charge in [0.1, 0.15) is 6.04 Å². The molecule has 27 heavy (non-hydrogen) atoms. The van der Waals surface area contributed by atoms with Gasteiger partial charge in [0.2, 0.25) is 11.8 Å². The molecule has 0 aliphatic rings. The molecule has 2 aromatic heterocycles. The van der Waals surface area contributed by atoms with Gasteiger partial charge in [0.25, 0.3) is 0 Å². The van der Waals surface area contributed by atoms with E-state index in [0.717, 1.165) is 28.3 Å². The highest BCUT2D eigenvalue weighted by atomic mass is 16.4. The molecule has 1 atom stereocenters.